The van der Waals surface area contributed by atoms with Crippen LogP contribution < -0.4 is 10.6 Å². The second kappa shape index (κ2) is 7.77. The lowest BCUT2D eigenvalue weighted by Gasteiger charge is -2.11. The Hall–Kier alpha value is -2.92. The quantitative estimate of drug-likeness (QED) is 0.718. The number of anilines is 2. The Bertz CT molecular complexity index is 866. The third-order valence-corrected chi connectivity index (χ3v) is 3.81. The highest BCUT2D eigenvalue weighted by Gasteiger charge is 2.15. The highest BCUT2D eigenvalue weighted by molar-refractivity contribution is 6.30. The van der Waals surface area contributed by atoms with Crippen LogP contribution in [0, 0.1) is 6.92 Å². The van der Waals surface area contributed by atoms with Gasteiger partial charge in [-0.05, 0) is 30.7 Å². The Labute approximate surface area is 151 Å². The number of carbonyl (C=O) groups is 1. The SMILES string of the molecule is Cc1ccc(NC(=O)c2cc(Cl)nnc2NCc2ccccc2)cc1. The molecule has 0 spiro atoms. The predicted octanol–water partition coefficient (Wildman–Crippen LogP) is 4.30. The van der Waals surface area contributed by atoms with Crippen LogP contribution in [0.15, 0.2) is 60.7 Å². The molecule has 0 aliphatic heterocycles. The molecule has 2 N–H and O–H groups in total. The summed E-state index contributed by atoms with van der Waals surface area (Å²) in [6.07, 6.45) is 0. The van der Waals surface area contributed by atoms with E-state index >= 15 is 0 Å². The van der Waals surface area contributed by atoms with Gasteiger partial charge in [-0.25, -0.2) is 0 Å². The maximum absolute atomic E-state index is 12.6. The van der Waals surface area contributed by atoms with Crippen molar-refractivity contribution in [2.24, 2.45) is 0 Å². The van der Waals surface area contributed by atoms with E-state index in [-0.39, 0.29) is 11.1 Å². The summed E-state index contributed by atoms with van der Waals surface area (Å²) in [7, 11) is 0. The molecular weight excluding hydrogens is 336 g/mol. The van der Waals surface area contributed by atoms with E-state index in [4.69, 9.17) is 11.6 Å². The third-order valence-electron chi connectivity index (χ3n) is 3.62. The van der Waals surface area contributed by atoms with Crippen molar-refractivity contribution in [1.29, 1.82) is 0 Å². The number of hydrogen-bond donors (Lipinski definition) is 2. The molecule has 0 saturated heterocycles. The predicted molar refractivity (Wildman–Crippen MR) is 99.9 cm³/mol. The number of amides is 1. The molecule has 1 aromatic heterocycles. The van der Waals surface area contributed by atoms with E-state index in [1.807, 2.05) is 61.5 Å². The maximum Gasteiger partial charge on any atom is 0.259 e. The van der Waals surface area contributed by atoms with Gasteiger partial charge >= 0.3 is 0 Å². The topological polar surface area (TPSA) is 66.9 Å². The van der Waals surface area contributed by atoms with Gasteiger partial charge in [0.05, 0.1) is 5.56 Å². The zero-order chi connectivity index (χ0) is 17.6. The molecule has 25 heavy (non-hydrogen) atoms. The molecule has 3 aromatic rings. The van der Waals surface area contributed by atoms with E-state index in [9.17, 15) is 4.79 Å². The molecule has 0 atom stereocenters. The molecule has 3 rings (SSSR count). The summed E-state index contributed by atoms with van der Waals surface area (Å²) in [5.74, 6) is 0.0917. The zero-order valence-electron chi connectivity index (χ0n) is 13.7. The Morgan fingerprint density at radius 3 is 2.48 bits per heavy atom. The number of carbonyl (C=O) groups excluding carboxylic acids is 1. The summed E-state index contributed by atoms with van der Waals surface area (Å²) in [5, 5.41) is 14.0. The summed E-state index contributed by atoms with van der Waals surface area (Å²) in [5.41, 5.74) is 3.25. The summed E-state index contributed by atoms with van der Waals surface area (Å²) in [6, 6.07) is 18.9. The Morgan fingerprint density at radius 1 is 1.04 bits per heavy atom. The van der Waals surface area contributed by atoms with Crippen LogP contribution in [0.4, 0.5) is 11.5 Å². The normalized spacial score (nSPS) is 10.3. The average Bonchev–Trinajstić information content (AvgIpc) is 2.63. The molecule has 0 fully saturated rings. The summed E-state index contributed by atoms with van der Waals surface area (Å²) < 4.78 is 0. The van der Waals surface area contributed by atoms with Crippen molar-refractivity contribution >= 4 is 29.0 Å². The molecule has 6 heteroatoms. The van der Waals surface area contributed by atoms with E-state index in [0.29, 0.717) is 23.6 Å². The zero-order valence-corrected chi connectivity index (χ0v) is 14.4. The van der Waals surface area contributed by atoms with Gasteiger partial charge in [-0.2, -0.15) is 0 Å². The number of hydrogen-bond acceptors (Lipinski definition) is 4. The van der Waals surface area contributed by atoms with Crippen LogP contribution in [0.25, 0.3) is 0 Å². The smallest absolute Gasteiger partial charge is 0.259 e. The highest BCUT2D eigenvalue weighted by atomic mass is 35.5. The molecule has 0 bridgehead atoms. The molecule has 1 amide bonds. The molecule has 0 saturated carbocycles. The van der Waals surface area contributed by atoms with Crippen molar-refractivity contribution in [2.75, 3.05) is 10.6 Å². The molecule has 1 heterocycles. The van der Waals surface area contributed by atoms with Crippen LogP contribution in [0.2, 0.25) is 5.15 Å². The first kappa shape index (κ1) is 16.9. The van der Waals surface area contributed by atoms with Crippen molar-refractivity contribution in [3.63, 3.8) is 0 Å². The van der Waals surface area contributed by atoms with E-state index in [1.54, 1.807) is 0 Å². The number of nitrogens with zero attached hydrogens (tertiary/aromatic N) is 2. The van der Waals surface area contributed by atoms with E-state index in [2.05, 4.69) is 20.8 Å². The Kier molecular flexibility index (Phi) is 5.26. The largest absolute Gasteiger partial charge is 0.364 e. The van der Waals surface area contributed by atoms with E-state index in [1.165, 1.54) is 6.07 Å². The van der Waals surface area contributed by atoms with Gasteiger partial charge in [0.15, 0.2) is 11.0 Å². The first-order valence-electron chi connectivity index (χ1n) is 7.81. The molecule has 126 valence electrons. The van der Waals surface area contributed by atoms with Crippen LogP contribution in [-0.2, 0) is 6.54 Å². The monoisotopic (exact) mass is 352 g/mol. The molecule has 0 radical (unpaired) electrons. The third kappa shape index (κ3) is 4.55. The summed E-state index contributed by atoms with van der Waals surface area (Å²) >= 11 is 5.92. The second-order valence-corrected chi connectivity index (χ2v) is 5.98. The lowest BCUT2D eigenvalue weighted by atomic mass is 10.2. The van der Waals surface area contributed by atoms with Gasteiger partial charge in [-0.1, -0.05) is 59.6 Å². The average molecular weight is 353 g/mol. The van der Waals surface area contributed by atoms with Crippen LogP contribution in [0.1, 0.15) is 21.5 Å². The fraction of sp³-hybridized carbons (Fsp3) is 0.105. The highest BCUT2D eigenvalue weighted by Crippen LogP contribution is 2.19. The van der Waals surface area contributed by atoms with Gasteiger partial charge < -0.3 is 10.6 Å². The lowest BCUT2D eigenvalue weighted by Crippen LogP contribution is -2.16. The fourth-order valence-electron chi connectivity index (χ4n) is 2.29. The van der Waals surface area contributed by atoms with Gasteiger partial charge in [0.2, 0.25) is 0 Å². The van der Waals surface area contributed by atoms with E-state index in [0.717, 1.165) is 11.1 Å². The second-order valence-electron chi connectivity index (χ2n) is 5.59. The first-order valence-corrected chi connectivity index (χ1v) is 8.18. The minimum Gasteiger partial charge on any atom is -0.364 e. The Balaban J connectivity index is 1.78. The number of aromatic nitrogens is 2. The number of halogens is 1. The van der Waals surface area contributed by atoms with Crippen molar-refractivity contribution in [3.05, 3.63) is 82.5 Å². The molecule has 5 nitrogen and oxygen atoms in total. The van der Waals surface area contributed by atoms with Gasteiger partial charge in [-0.15, -0.1) is 10.2 Å². The Morgan fingerprint density at radius 2 is 1.76 bits per heavy atom. The summed E-state index contributed by atoms with van der Waals surface area (Å²) in [6.45, 7) is 2.52. The minimum atomic E-state index is -0.295. The number of rotatable bonds is 5. The van der Waals surface area contributed by atoms with Crippen molar-refractivity contribution in [2.45, 2.75) is 13.5 Å². The van der Waals surface area contributed by atoms with Gasteiger partial charge in [0, 0.05) is 12.2 Å². The fourth-order valence-corrected chi connectivity index (χ4v) is 2.44. The summed E-state index contributed by atoms with van der Waals surface area (Å²) in [4.78, 5) is 12.6. The maximum atomic E-state index is 12.6. The van der Waals surface area contributed by atoms with Gasteiger partial charge in [-0.3, -0.25) is 4.79 Å². The number of aryl methyl sites for hydroxylation is 1. The van der Waals surface area contributed by atoms with Gasteiger partial charge in [0.25, 0.3) is 5.91 Å². The van der Waals surface area contributed by atoms with E-state index < -0.39 is 0 Å². The first-order chi connectivity index (χ1) is 12.1. The minimum absolute atomic E-state index is 0.166. The van der Waals surface area contributed by atoms with Crippen LogP contribution >= 0.6 is 11.6 Å². The van der Waals surface area contributed by atoms with Crippen LogP contribution in [0.3, 0.4) is 0 Å². The van der Waals surface area contributed by atoms with Crippen LogP contribution in [0.5, 0.6) is 0 Å². The molecule has 2 aromatic carbocycles. The van der Waals surface area contributed by atoms with Crippen molar-refractivity contribution < 1.29 is 4.79 Å². The molecule has 0 aliphatic carbocycles. The molecule has 0 aliphatic rings. The standard InChI is InChI=1S/C19H17ClN4O/c1-13-7-9-15(10-8-13)22-19(25)16-11-17(20)23-24-18(16)21-12-14-5-3-2-4-6-14/h2-11H,12H2,1H3,(H,21,24)(H,22,25). The lowest BCUT2D eigenvalue weighted by molar-refractivity contribution is 0.102. The van der Waals surface area contributed by atoms with Crippen LogP contribution in [-0.4, -0.2) is 16.1 Å². The number of benzene rings is 2. The number of nitrogens with one attached hydrogen (secondary N) is 2. The molecular formula is C19H17ClN4O. The molecule has 0 unspecified atom stereocenters. The van der Waals surface area contributed by atoms with Crippen molar-refractivity contribution in [3.8, 4) is 0 Å². The van der Waals surface area contributed by atoms with Gasteiger partial charge in [0.1, 0.15) is 0 Å². The van der Waals surface area contributed by atoms with Crippen molar-refractivity contribution in [1.82, 2.24) is 10.2 Å².